The molecule has 0 aromatic carbocycles. The molecule has 1 saturated carbocycles. The van der Waals surface area contributed by atoms with E-state index < -0.39 is 17.6 Å². The van der Waals surface area contributed by atoms with Crippen LogP contribution in [0.2, 0.25) is 0 Å². The van der Waals surface area contributed by atoms with E-state index in [-0.39, 0.29) is 5.91 Å². The van der Waals surface area contributed by atoms with Gasteiger partial charge in [-0.05, 0) is 44.9 Å². The summed E-state index contributed by atoms with van der Waals surface area (Å²) in [6.07, 6.45) is 5.46. The van der Waals surface area contributed by atoms with Gasteiger partial charge in [0.15, 0.2) is 0 Å². The van der Waals surface area contributed by atoms with Crippen molar-refractivity contribution in [3.63, 3.8) is 0 Å². The van der Waals surface area contributed by atoms with Gasteiger partial charge in [0.2, 0.25) is 5.91 Å². The minimum Gasteiger partial charge on any atom is -0.480 e. The van der Waals surface area contributed by atoms with Gasteiger partial charge in [-0.15, -0.1) is 6.58 Å². The van der Waals surface area contributed by atoms with Gasteiger partial charge >= 0.3 is 5.97 Å². The zero-order chi connectivity index (χ0) is 15.9. The Morgan fingerprint density at radius 3 is 2.57 bits per heavy atom. The molecule has 0 radical (unpaired) electrons. The van der Waals surface area contributed by atoms with Crippen LogP contribution in [0, 0.1) is 5.92 Å². The molecule has 1 atom stereocenters. The number of hydrogen-bond acceptors (Lipinski definition) is 3. The van der Waals surface area contributed by atoms with E-state index in [4.69, 9.17) is 4.74 Å². The molecule has 5 heteroatoms. The lowest BCUT2D eigenvalue weighted by Crippen LogP contribution is -2.58. The number of rotatable bonds is 8. The molecule has 1 aliphatic rings. The summed E-state index contributed by atoms with van der Waals surface area (Å²) in [5.74, 6) is -0.726. The highest BCUT2D eigenvalue weighted by Gasteiger charge is 2.43. The van der Waals surface area contributed by atoms with Crippen molar-refractivity contribution in [3.05, 3.63) is 12.7 Å². The van der Waals surface area contributed by atoms with Crippen molar-refractivity contribution in [2.45, 2.75) is 64.0 Å². The molecule has 2 N–H and O–H groups in total. The second-order valence-corrected chi connectivity index (χ2v) is 5.82. The molecule has 5 nitrogen and oxygen atoms in total. The second kappa shape index (κ2) is 8.17. The van der Waals surface area contributed by atoms with Gasteiger partial charge in [-0.2, -0.15) is 0 Å². The molecule has 1 rings (SSSR count). The maximum Gasteiger partial charge on any atom is 0.329 e. The molecule has 0 bridgehead atoms. The minimum atomic E-state index is -1.13. The Hall–Kier alpha value is -1.36. The SMILES string of the molecule is C=CCCOC(C)C(=O)NC1(C(=O)O)CCC(CC)CC1. The fourth-order valence-corrected chi connectivity index (χ4v) is 2.71. The largest absolute Gasteiger partial charge is 0.480 e. The number of aliphatic carboxylic acids is 1. The molecule has 0 aliphatic heterocycles. The van der Waals surface area contributed by atoms with Gasteiger partial charge in [0.1, 0.15) is 11.6 Å². The van der Waals surface area contributed by atoms with Crippen molar-refractivity contribution in [1.82, 2.24) is 5.32 Å². The van der Waals surface area contributed by atoms with Gasteiger partial charge in [0.05, 0.1) is 6.61 Å². The maximum atomic E-state index is 12.1. The molecule has 0 saturated heterocycles. The molecule has 0 heterocycles. The summed E-state index contributed by atoms with van der Waals surface area (Å²) in [5.41, 5.74) is -1.13. The molecule has 21 heavy (non-hydrogen) atoms. The first-order valence-corrected chi connectivity index (χ1v) is 7.73. The quantitative estimate of drug-likeness (QED) is 0.533. The van der Waals surface area contributed by atoms with Gasteiger partial charge in [0.25, 0.3) is 0 Å². The summed E-state index contributed by atoms with van der Waals surface area (Å²) in [6.45, 7) is 7.76. The summed E-state index contributed by atoms with van der Waals surface area (Å²) >= 11 is 0. The third-order valence-electron chi connectivity index (χ3n) is 4.37. The Morgan fingerprint density at radius 1 is 1.48 bits per heavy atom. The van der Waals surface area contributed by atoms with Crippen LogP contribution in [0.4, 0.5) is 0 Å². The van der Waals surface area contributed by atoms with E-state index >= 15 is 0 Å². The van der Waals surface area contributed by atoms with Crippen LogP contribution >= 0.6 is 0 Å². The number of carboxylic acids is 1. The summed E-state index contributed by atoms with van der Waals surface area (Å²) < 4.78 is 5.38. The third kappa shape index (κ3) is 4.84. The maximum absolute atomic E-state index is 12.1. The van der Waals surface area contributed by atoms with Crippen LogP contribution in [-0.4, -0.2) is 35.2 Å². The van der Waals surface area contributed by atoms with Crippen molar-refractivity contribution >= 4 is 11.9 Å². The van der Waals surface area contributed by atoms with E-state index in [9.17, 15) is 14.7 Å². The number of hydrogen-bond donors (Lipinski definition) is 2. The van der Waals surface area contributed by atoms with Crippen molar-refractivity contribution < 1.29 is 19.4 Å². The molecular formula is C16H27NO4. The number of ether oxygens (including phenoxy) is 1. The predicted octanol–water partition coefficient (Wildman–Crippen LogP) is 2.51. The summed E-state index contributed by atoms with van der Waals surface area (Å²) in [6, 6.07) is 0. The van der Waals surface area contributed by atoms with Crippen molar-refractivity contribution in [1.29, 1.82) is 0 Å². The van der Waals surface area contributed by atoms with Crippen LogP contribution in [-0.2, 0) is 14.3 Å². The highest BCUT2D eigenvalue weighted by atomic mass is 16.5. The van der Waals surface area contributed by atoms with E-state index in [1.165, 1.54) is 0 Å². The lowest BCUT2D eigenvalue weighted by molar-refractivity contribution is -0.152. The van der Waals surface area contributed by atoms with Crippen molar-refractivity contribution in [2.75, 3.05) is 6.61 Å². The Morgan fingerprint density at radius 2 is 2.10 bits per heavy atom. The van der Waals surface area contributed by atoms with E-state index in [0.717, 1.165) is 19.3 Å². The zero-order valence-corrected chi connectivity index (χ0v) is 13.1. The molecule has 1 fully saturated rings. The smallest absolute Gasteiger partial charge is 0.329 e. The lowest BCUT2D eigenvalue weighted by atomic mass is 9.75. The van der Waals surface area contributed by atoms with E-state index in [0.29, 0.717) is 31.8 Å². The van der Waals surface area contributed by atoms with Crippen LogP contribution in [0.3, 0.4) is 0 Å². The van der Waals surface area contributed by atoms with Crippen LogP contribution in [0.25, 0.3) is 0 Å². The Balaban J connectivity index is 2.60. The summed E-state index contributed by atoms with van der Waals surface area (Å²) in [7, 11) is 0. The third-order valence-corrected chi connectivity index (χ3v) is 4.37. The van der Waals surface area contributed by atoms with Crippen LogP contribution in [0.15, 0.2) is 12.7 Å². The molecule has 0 aromatic rings. The lowest BCUT2D eigenvalue weighted by Gasteiger charge is -2.37. The van der Waals surface area contributed by atoms with Gasteiger partial charge in [-0.25, -0.2) is 4.79 Å². The Labute approximate surface area is 126 Å². The monoisotopic (exact) mass is 297 g/mol. The fraction of sp³-hybridized carbons (Fsp3) is 0.750. The number of carboxylic acid groups (broad SMARTS) is 1. The molecule has 0 spiro atoms. The highest BCUT2D eigenvalue weighted by molar-refractivity contribution is 5.89. The zero-order valence-electron chi connectivity index (χ0n) is 13.1. The van der Waals surface area contributed by atoms with Gasteiger partial charge < -0.3 is 15.2 Å². The molecule has 0 aromatic heterocycles. The number of amides is 1. The first-order chi connectivity index (χ1) is 9.95. The van der Waals surface area contributed by atoms with E-state index in [1.807, 2.05) is 0 Å². The minimum absolute atomic E-state index is 0.351. The molecule has 1 amide bonds. The predicted molar refractivity (Wildman–Crippen MR) is 81.0 cm³/mol. The van der Waals surface area contributed by atoms with Crippen LogP contribution < -0.4 is 5.32 Å². The second-order valence-electron chi connectivity index (χ2n) is 5.82. The van der Waals surface area contributed by atoms with Crippen LogP contribution in [0.1, 0.15) is 52.4 Å². The molecular weight excluding hydrogens is 270 g/mol. The summed E-state index contributed by atoms with van der Waals surface area (Å²) in [4.78, 5) is 23.8. The van der Waals surface area contributed by atoms with E-state index in [1.54, 1.807) is 13.0 Å². The van der Waals surface area contributed by atoms with Crippen LogP contribution in [0.5, 0.6) is 0 Å². The summed E-state index contributed by atoms with van der Waals surface area (Å²) in [5, 5.41) is 12.2. The molecule has 120 valence electrons. The normalized spacial score (nSPS) is 26.9. The number of nitrogens with one attached hydrogen (secondary N) is 1. The molecule has 1 aliphatic carbocycles. The van der Waals surface area contributed by atoms with Crippen molar-refractivity contribution in [3.8, 4) is 0 Å². The molecule has 1 unspecified atom stereocenters. The topological polar surface area (TPSA) is 75.6 Å². The number of carbonyl (C=O) groups is 2. The fourth-order valence-electron chi connectivity index (χ4n) is 2.71. The average molecular weight is 297 g/mol. The highest BCUT2D eigenvalue weighted by Crippen LogP contribution is 2.34. The first kappa shape index (κ1) is 17.7. The number of carbonyl (C=O) groups excluding carboxylic acids is 1. The Bertz CT molecular complexity index is 372. The average Bonchev–Trinajstić information content (AvgIpc) is 2.47. The van der Waals surface area contributed by atoms with E-state index in [2.05, 4.69) is 18.8 Å². The van der Waals surface area contributed by atoms with Gasteiger partial charge in [0, 0.05) is 0 Å². The Kier molecular flexibility index (Phi) is 6.89. The van der Waals surface area contributed by atoms with Gasteiger partial charge in [-0.1, -0.05) is 19.4 Å². The van der Waals surface area contributed by atoms with Crippen molar-refractivity contribution in [2.24, 2.45) is 5.92 Å². The van der Waals surface area contributed by atoms with Gasteiger partial charge in [-0.3, -0.25) is 4.79 Å². The standard InChI is InChI=1S/C16H27NO4/c1-4-6-11-21-12(3)14(18)17-16(15(19)20)9-7-13(5-2)8-10-16/h4,12-13H,1,5-11H2,2-3H3,(H,17,18)(H,19,20). The first-order valence-electron chi connectivity index (χ1n) is 7.73.